The Morgan fingerprint density at radius 3 is 3.25 bits per heavy atom. The van der Waals surface area contributed by atoms with E-state index in [1.54, 1.807) is 6.07 Å². The van der Waals surface area contributed by atoms with Gasteiger partial charge in [-0.1, -0.05) is 6.92 Å². The Hall–Kier alpha value is -1.65. The molecule has 2 aromatic rings. The summed E-state index contributed by atoms with van der Waals surface area (Å²) in [5.74, 6) is 0. The van der Waals surface area contributed by atoms with Crippen molar-refractivity contribution in [3.8, 4) is 0 Å². The van der Waals surface area contributed by atoms with Crippen LogP contribution in [0.1, 0.15) is 12.6 Å². The molecule has 0 saturated heterocycles. The van der Waals surface area contributed by atoms with Crippen molar-refractivity contribution >= 4 is 5.65 Å². The monoisotopic (exact) mass is 164 g/mol. The van der Waals surface area contributed by atoms with Crippen molar-refractivity contribution in [3.05, 3.63) is 28.3 Å². The SMILES string of the molecule is CCc1cc(=O)c2nncn2[nH]1. The largest absolute Gasteiger partial charge is 0.295 e. The second-order valence-corrected chi connectivity index (χ2v) is 2.52. The van der Waals surface area contributed by atoms with Crippen LogP contribution in [0.4, 0.5) is 0 Å². The van der Waals surface area contributed by atoms with Crippen molar-refractivity contribution in [1.29, 1.82) is 0 Å². The molecule has 1 N–H and O–H groups in total. The molecule has 0 saturated carbocycles. The Balaban J connectivity index is 2.84. The average Bonchev–Trinajstić information content (AvgIpc) is 2.52. The molecule has 0 amide bonds. The Labute approximate surface area is 68.0 Å². The van der Waals surface area contributed by atoms with E-state index < -0.39 is 0 Å². The zero-order valence-corrected chi connectivity index (χ0v) is 6.61. The van der Waals surface area contributed by atoms with Crippen molar-refractivity contribution < 1.29 is 0 Å². The van der Waals surface area contributed by atoms with Crippen LogP contribution in [0.25, 0.3) is 5.65 Å². The van der Waals surface area contributed by atoms with Gasteiger partial charge in [0, 0.05) is 11.8 Å². The fraction of sp³-hybridized carbons (Fsp3) is 0.286. The topological polar surface area (TPSA) is 63.1 Å². The number of fused-ring (bicyclic) bond motifs is 1. The van der Waals surface area contributed by atoms with Gasteiger partial charge < -0.3 is 0 Å². The predicted octanol–water partition coefficient (Wildman–Crippen LogP) is -0.0200. The summed E-state index contributed by atoms with van der Waals surface area (Å²) in [6.45, 7) is 1.97. The van der Waals surface area contributed by atoms with E-state index in [1.807, 2.05) is 6.92 Å². The molecule has 0 radical (unpaired) electrons. The fourth-order valence-corrected chi connectivity index (χ4v) is 1.08. The number of aromatic nitrogens is 4. The van der Waals surface area contributed by atoms with Crippen LogP contribution in [0, 0.1) is 0 Å². The molecule has 0 fully saturated rings. The first-order valence-corrected chi connectivity index (χ1v) is 3.73. The Bertz CT molecular complexity index is 456. The molecule has 0 aliphatic carbocycles. The molecule has 62 valence electrons. The molecular weight excluding hydrogens is 156 g/mol. The number of rotatable bonds is 1. The number of hydrogen-bond acceptors (Lipinski definition) is 3. The van der Waals surface area contributed by atoms with Crippen molar-refractivity contribution in [2.24, 2.45) is 0 Å². The summed E-state index contributed by atoms with van der Waals surface area (Å²) in [5, 5.41) is 10.3. The van der Waals surface area contributed by atoms with E-state index in [0.717, 1.165) is 12.1 Å². The summed E-state index contributed by atoms with van der Waals surface area (Å²) in [6, 6.07) is 1.55. The van der Waals surface area contributed by atoms with Crippen LogP contribution in [0.3, 0.4) is 0 Å². The van der Waals surface area contributed by atoms with Crippen molar-refractivity contribution in [1.82, 2.24) is 19.8 Å². The Morgan fingerprint density at radius 2 is 2.50 bits per heavy atom. The van der Waals surface area contributed by atoms with Gasteiger partial charge in [0.1, 0.15) is 6.33 Å². The molecule has 2 rings (SSSR count). The van der Waals surface area contributed by atoms with E-state index in [2.05, 4.69) is 15.3 Å². The molecule has 0 aliphatic heterocycles. The zero-order valence-electron chi connectivity index (χ0n) is 6.61. The van der Waals surface area contributed by atoms with Crippen LogP contribution in [-0.2, 0) is 6.42 Å². The van der Waals surface area contributed by atoms with Gasteiger partial charge in [-0.25, -0.2) is 4.52 Å². The van der Waals surface area contributed by atoms with Crippen LogP contribution >= 0.6 is 0 Å². The fourth-order valence-electron chi connectivity index (χ4n) is 1.08. The van der Waals surface area contributed by atoms with E-state index in [4.69, 9.17) is 0 Å². The Kier molecular flexibility index (Phi) is 1.43. The van der Waals surface area contributed by atoms with Crippen LogP contribution in [0.5, 0.6) is 0 Å². The number of nitrogens with zero attached hydrogens (tertiary/aromatic N) is 3. The van der Waals surface area contributed by atoms with Gasteiger partial charge in [-0.05, 0) is 6.42 Å². The molecule has 0 aliphatic rings. The van der Waals surface area contributed by atoms with Crippen LogP contribution in [0.2, 0.25) is 0 Å². The van der Waals surface area contributed by atoms with Crippen LogP contribution < -0.4 is 5.43 Å². The minimum Gasteiger partial charge on any atom is -0.295 e. The van der Waals surface area contributed by atoms with Gasteiger partial charge >= 0.3 is 0 Å². The van der Waals surface area contributed by atoms with Crippen molar-refractivity contribution in [2.45, 2.75) is 13.3 Å². The molecule has 0 atom stereocenters. The number of hydrogen-bond donors (Lipinski definition) is 1. The second-order valence-electron chi connectivity index (χ2n) is 2.52. The molecule has 0 aromatic carbocycles. The smallest absolute Gasteiger partial charge is 0.226 e. The minimum atomic E-state index is -0.0944. The van der Waals surface area contributed by atoms with E-state index in [1.165, 1.54) is 10.8 Å². The third kappa shape index (κ3) is 0.903. The zero-order chi connectivity index (χ0) is 8.55. The van der Waals surface area contributed by atoms with E-state index >= 15 is 0 Å². The van der Waals surface area contributed by atoms with E-state index in [9.17, 15) is 4.79 Å². The van der Waals surface area contributed by atoms with Gasteiger partial charge in [0.15, 0.2) is 0 Å². The highest BCUT2D eigenvalue weighted by Crippen LogP contribution is 1.92. The maximum atomic E-state index is 11.3. The summed E-state index contributed by atoms with van der Waals surface area (Å²) in [7, 11) is 0. The molecule has 12 heavy (non-hydrogen) atoms. The lowest BCUT2D eigenvalue weighted by atomic mass is 10.3. The summed E-state index contributed by atoms with van der Waals surface area (Å²) in [5.41, 5.74) is 1.13. The summed E-state index contributed by atoms with van der Waals surface area (Å²) >= 11 is 0. The molecule has 5 heteroatoms. The maximum Gasteiger partial charge on any atom is 0.226 e. The molecule has 5 nitrogen and oxygen atoms in total. The molecule has 2 aromatic heterocycles. The minimum absolute atomic E-state index is 0.0944. The number of aromatic amines is 1. The lowest BCUT2D eigenvalue weighted by Crippen LogP contribution is -2.09. The third-order valence-corrected chi connectivity index (χ3v) is 1.72. The van der Waals surface area contributed by atoms with Crippen molar-refractivity contribution in [3.63, 3.8) is 0 Å². The standard InChI is InChI=1S/C7H8N4O/c1-2-5-3-6(12)7-9-8-4-11(7)10-5/h3-4,10H,2H2,1H3. The highest BCUT2D eigenvalue weighted by Gasteiger charge is 2.00. The average molecular weight is 164 g/mol. The quantitative estimate of drug-likeness (QED) is 0.644. The van der Waals surface area contributed by atoms with Gasteiger partial charge in [-0.2, -0.15) is 0 Å². The third-order valence-electron chi connectivity index (χ3n) is 1.72. The number of H-pyrrole nitrogens is 1. The molecule has 0 bridgehead atoms. The van der Waals surface area contributed by atoms with Crippen LogP contribution in [-0.4, -0.2) is 19.8 Å². The van der Waals surface area contributed by atoms with Gasteiger partial charge in [0.05, 0.1) is 0 Å². The second kappa shape index (κ2) is 2.44. The van der Waals surface area contributed by atoms with Crippen LogP contribution in [0.15, 0.2) is 17.2 Å². The maximum absolute atomic E-state index is 11.3. The highest BCUT2D eigenvalue weighted by atomic mass is 16.1. The molecule has 0 unspecified atom stereocenters. The number of nitrogens with one attached hydrogen (secondary N) is 1. The highest BCUT2D eigenvalue weighted by molar-refractivity contribution is 5.34. The summed E-state index contributed by atoms with van der Waals surface area (Å²) < 4.78 is 1.53. The first kappa shape index (κ1) is 7.02. The Morgan fingerprint density at radius 1 is 1.67 bits per heavy atom. The normalized spacial score (nSPS) is 10.8. The summed E-state index contributed by atoms with van der Waals surface area (Å²) in [6.07, 6.45) is 2.28. The van der Waals surface area contributed by atoms with Gasteiger partial charge in [-0.3, -0.25) is 9.89 Å². The summed E-state index contributed by atoms with van der Waals surface area (Å²) in [4.78, 5) is 11.3. The molecule has 0 spiro atoms. The molecule has 2 heterocycles. The van der Waals surface area contributed by atoms with Gasteiger partial charge in [-0.15, -0.1) is 10.2 Å². The van der Waals surface area contributed by atoms with E-state index in [-0.39, 0.29) is 5.43 Å². The predicted molar refractivity (Wildman–Crippen MR) is 43.0 cm³/mol. The van der Waals surface area contributed by atoms with Gasteiger partial charge in [0.2, 0.25) is 11.1 Å². The van der Waals surface area contributed by atoms with Crippen molar-refractivity contribution in [2.75, 3.05) is 0 Å². The molecular formula is C7H8N4O. The van der Waals surface area contributed by atoms with Gasteiger partial charge in [0.25, 0.3) is 0 Å². The lowest BCUT2D eigenvalue weighted by molar-refractivity contribution is 0.851. The first-order chi connectivity index (χ1) is 5.81. The first-order valence-electron chi connectivity index (χ1n) is 3.73. The number of aryl methyl sites for hydroxylation is 1. The van der Waals surface area contributed by atoms with E-state index in [0.29, 0.717) is 5.65 Å². The lowest BCUT2D eigenvalue weighted by Gasteiger charge is -1.96.